The highest BCUT2D eigenvalue weighted by molar-refractivity contribution is 6.02. The molecule has 5 heteroatoms. The first kappa shape index (κ1) is 18.1. The van der Waals surface area contributed by atoms with Crippen molar-refractivity contribution in [1.29, 1.82) is 0 Å². The Morgan fingerprint density at radius 1 is 1.12 bits per heavy atom. The Bertz CT molecular complexity index is 844. The van der Waals surface area contributed by atoms with Crippen LogP contribution >= 0.6 is 0 Å². The molecule has 1 aromatic carbocycles. The van der Waals surface area contributed by atoms with Gasteiger partial charge in [0.15, 0.2) is 5.69 Å². The molecule has 1 aromatic heterocycles. The first-order valence-corrected chi connectivity index (χ1v) is 9.14. The Hall–Kier alpha value is -2.69. The number of nitrogens with zero attached hydrogens (tertiary/aromatic N) is 3. The monoisotopic (exact) mass is 351 g/mol. The molecular weight excluding hydrogens is 326 g/mol. The Morgan fingerprint density at radius 2 is 1.81 bits per heavy atom. The SMILES string of the molecule is CN(C)C=CC(=O)c1nn(-c2ccc(C3CCCCC3)cc2)ccc1=O. The third-order valence-electron chi connectivity index (χ3n) is 4.80. The van der Waals surface area contributed by atoms with Gasteiger partial charge < -0.3 is 4.90 Å². The van der Waals surface area contributed by atoms with Crippen LogP contribution in [0.2, 0.25) is 0 Å². The summed E-state index contributed by atoms with van der Waals surface area (Å²) in [6.07, 6.45) is 11.0. The number of allylic oxidation sites excluding steroid dienone is 1. The molecule has 0 radical (unpaired) electrons. The summed E-state index contributed by atoms with van der Waals surface area (Å²) >= 11 is 0. The first-order chi connectivity index (χ1) is 12.5. The van der Waals surface area contributed by atoms with Gasteiger partial charge in [0.25, 0.3) is 0 Å². The smallest absolute Gasteiger partial charge is 0.211 e. The van der Waals surface area contributed by atoms with Gasteiger partial charge in [0.1, 0.15) is 0 Å². The Kier molecular flexibility index (Phi) is 5.66. The Morgan fingerprint density at radius 3 is 2.46 bits per heavy atom. The van der Waals surface area contributed by atoms with Crippen LogP contribution in [0, 0.1) is 0 Å². The van der Waals surface area contributed by atoms with Crippen LogP contribution in [0.5, 0.6) is 0 Å². The second kappa shape index (κ2) is 8.13. The molecule has 0 saturated heterocycles. The lowest BCUT2D eigenvalue weighted by molar-refractivity contribution is 0.103. The van der Waals surface area contributed by atoms with Gasteiger partial charge in [0, 0.05) is 38.6 Å². The van der Waals surface area contributed by atoms with Crippen molar-refractivity contribution < 1.29 is 4.79 Å². The van der Waals surface area contributed by atoms with Crippen LogP contribution < -0.4 is 5.43 Å². The van der Waals surface area contributed by atoms with Gasteiger partial charge in [-0.05, 0) is 36.5 Å². The normalized spacial score (nSPS) is 15.3. The van der Waals surface area contributed by atoms with Crippen molar-refractivity contribution in [2.45, 2.75) is 38.0 Å². The molecule has 0 bridgehead atoms. The lowest BCUT2D eigenvalue weighted by Crippen LogP contribution is -2.20. The summed E-state index contributed by atoms with van der Waals surface area (Å²) in [4.78, 5) is 26.0. The van der Waals surface area contributed by atoms with E-state index in [4.69, 9.17) is 0 Å². The highest BCUT2D eigenvalue weighted by atomic mass is 16.1. The van der Waals surface area contributed by atoms with Gasteiger partial charge >= 0.3 is 0 Å². The van der Waals surface area contributed by atoms with E-state index in [1.165, 1.54) is 49.8 Å². The van der Waals surface area contributed by atoms with Crippen LogP contribution in [0.25, 0.3) is 5.69 Å². The lowest BCUT2D eigenvalue weighted by atomic mass is 9.84. The van der Waals surface area contributed by atoms with Crippen LogP contribution in [0.1, 0.15) is 54.1 Å². The van der Waals surface area contributed by atoms with Crippen LogP contribution in [0.3, 0.4) is 0 Å². The summed E-state index contributed by atoms with van der Waals surface area (Å²) in [6.45, 7) is 0. The maximum atomic E-state index is 12.2. The van der Waals surface area contributed by atoms with Crippen molar-refractivity contribution in [1.82, 2.24) is 14.7 Å². The van der Waals surface area contributed by atoms with Crippen molar-refractivity contribution in [2.75, 3.05) is 14.1 Å². The van der Waals surface area contributed by atoms with E-state index in [1.54, 1.807) is 22.0 Å². The van der Waals surface area contributed by atoms with Crippen LogP contribution in [0.4, 0.5) is 0 Å². The van der Waals surface area contributed by atoms with E-state index in [0.29, 0.717) is 5.92 Å². The second-order valence-electron chi connectivity index (χ2n) is 7.04. The fraction of sp³-hybridized carbons (Fsp3) is 0.381. The van der Waals surface area contributed by atoms with Gasteiger partial charge in [-0.25, -0.2) is 4.68 Å². The topological polar surface area (TPSA) is 55.2 Å². The Labute approximate surface area is 154 Å². The standard InChI is InChI=1S/C21H25N3O2/c1-23(2)14-12-19(25)21-20(26)13-15-24(22-21)18-10-8-17(9-11-18)16-6-4-3-5-7-16/h8-16H,3-7H2,1-2H3. The van der Waals surface area contributed by atoms with Gasteiger partial charge in [0.05, 0.1) is 5.69 Å². The quantitative estimate of drug-likeness (QED) is 0.611. The number of rotatable bonds is 5. The molecule has 3 rings (SSSR count). The number of aromatic nitrogens is 2. The van der Waals surface area contributed by atoms with E-state index in [2.05, 4.69) is 17.2 Å². The third-order valence-corrected chi connectivity index (χ3v) is 4.80. The van der Waals surface area contributed by atoms with Crippen LogP contribution in [-0.4, -0.2) is 34.6 Å². The van der Waals surface area contributed by atoms with Crippen molar-refractivity contribution in [2.24, 2.45) is 0 Å². The fourth-order valence-electron chi connectivity index (χ4n) is 3.35. The van der Waals surface area contributed by atoms with Crippen LogP contribution in [0.15, 0.2) is 53.6 Å². The molecule has 0 unspecified atom stereocenters. The van der Waals surface area contributed by atoms with Crippen LogP contribution in [-0.2, 0) is 0 Å². The molecule has 0 atom stereocenters. The third kappa shape index (κ3) is 4.28. The summed E-state index contributed by atoms with van der Waals surface area (Å²) in [5.41, 5.74) is 1.77. The maximum Gasteiger partial charge on any atom is 0.211 e. The predicted molar refractivity (Wildman–Crippen MR) is 103 cm³/mol. The molecule has 1 aliphatic carbocycles. The summed E-state index contributed by atoms with van der Waals surface area (Å²) in [5, 5.41) is 4.25. The van der Waals surface area contributed by atoms with E-state index in [0.717, 1.165) is 5.69 Å². The van der Waals surface area contributed by atoms with Gasteiger partial charge in [-0.1, -0.05) is 31.4 Å². The largest absolute Gasteiger partial charge is 0.383 e. The van der Waals surface area contributed by atoms with Crippen molar-refractivity contribution in [3.8, 4) is 5.69 Å². The minimum absolute atomic E-state index is 0.0676. The molecule has 0 spiro atoms. The van der Waals surface area contributed by atoms with E-state index < -0.39 is 5.78 Å². The summed E-state index contributed by atoms with van der Waals surface area (Å²) < 4.78 is 1.59. The summed E-state index contributed by atoms with van der Waals surface area (Å²) in [5.74, 6) is 0.255. The number of ketones is 1. The number of hydrogen-bond acceptors (Lipinski definition) is 4. The maximum absolute atomic E-state index is 12.2. The molecule has 1 aliphatic rings. The molecule has 1 fully saturated rings. The van der Waals surface area contributed by atoms with Gasteiger partial charge in [-0.2, -0.15) is 5.10 Å². The number of carbonyl (C=O) groups is 1. The summed E-state index contributed by atoms with van der Waals surface area (Å²) in [7, 11) is 3.63. The predicted octanol–water partition coefficient (Wildman–Crippen LogP) is 3.54. The zero-order valence-corrected chi connectivity index (χ0v) is 15.4. The molecule has 26 heavy (non-hydrogen) atoms. The zero-order chi connectivity index (χ0) is 18.5. The van der Waals surface area contributed by atoms with Crippen molar-refractivity contribution in [3.63, 3.8) is 0 Å². The molecular formula is C21H25N3O2. The molecule has 0 N–H and O–H groups in total. The number of benzene rings is 1. The van der Waals surface area contributed by atoms with Crippen molar-refractivity contribution in [3.05, 3.63) is 70.3 Å². The second-order valence-corrected chi connectivity index (χ2v) is 7.04. The molecule has 0 aliphatic heterocycles. The first-order valence-electron chi connectivity index (χ1n) is 9.14. The minimum Gasteiger partial charge on any atom is -0.383 e. The van der Waals surface area contributed by atoms with E-state index in [9.17, 15) is 9.59 Å². The molecule has 1 saturated carbocycles. The number of hydrogen-bond donors (Lipinski definition) is 0. The minimum atomic E-state index is -0.392. The van der Waals surface area contributed by atoms with Crippen molar-refractivity contribution >= 4 is 5.78 Å². The van der Waals surface area contributed by atoms with E-state index in [-0.39, 0.29) is 11.1 Å². The highest BCUT2D eigenvalue weighted by Crippen LogP contribution is 2.32. The highest BCUT2D eigenvalue weighted by Gasteiger charge is 2.15. The lowest BCUT2D eigenvalue weighted by Gasteiger charge is -2.22. The average Bonchev–Trinajstić information content (AvgIpc) is 2.67. The fourth-order valence-corrected chi connectivity index (χ4v) is 3.35. The van der Waals surface area contributed by atoms with Gasteiger partial charge in [-0.15, -0.1) is 0 Å². The zero-order valence-electron chi connectivity index (χ0n) is 15.4. The molecule has 1 heterocycles. The molecule has 5 nitrogen and oxygen atoms in total. The molecule has 2 aromatic rings. The number of carbonyl (C=O) groups excluding carboxylic acids is 1. The summed E-state index contributed by atoms with van der Waals surface area (Å²) in [6, 6.07) is 9.67. The molecule has 0 amide bonds. The molecule has 136 valence electrons. The van der Waals surface area contributed by atoms with Gasteiger partial charge in [0.2, 0.25) is 11.2 Å². The average molecular weight is 351 g/mol. The Balaban J connectivity index is 1.84. The van der Waals surface area contributed by atoms with Gasteiger partial charge in [-0.3, -0.25) is 9.59 Å². The van der Waals surface area contributed by atoms with E-state index in [1.807, 2.05) is 26.2 Å². The van der Waals surface area contributed by atoms with E-state index >= 15 is 0 Å².